The summed E-state index contributed by atoms with van der Waals surface area (Å²) in [5.74, 6) is -0.287. The predicted octanol–water partition coefficient (Wildman–Crippen LogP) is 2.35. The van der Waals surface area contributed by atoms with Crippen molar-refractivity contribution in [3.63, 3.8) is 0 Å². The molecule has 0 aliphatic carbocycles. The van der Waals surface area contributed by atoms with Crippen LogP contribution in [0.25, 0.3) is 0 Å². The number of benzene rings is 1. The molecule has 2 aromatic rings. The first-order chi connectivity index (χ1) is 15.8. The molecule has 3 heterocycles. The number of morpholine rings is 1. The Morgan fingerprint density at radius 3 is 2.64 bits per heavy atom. The smallest absolute Gasteiger partial charge is 0.268 e. The molecule has 2 fully saturated rings. The monoisotopic (exact) mass is 474 g/mol. The number of carbonyl (C=O) groups is 1. The number of hydrogen-bond donors (Lipinski definition) is 1. The number of rotatable bonds is 7. The van der Waals surface area contributed by atoms with Gasteiger partial charge in [-0.2, -0.15) is 4.31 Å². The van der Waals surface area contributed by atoms with Crippen LogP contribution >= 0.6 is 0 Å². The van der Waals surface area contributed by atoms with Crippen molar-refractivity contribution in [2.24, 2.45) is 7.05 Å². The number of carbonyl (C=O) groups excluding carboxylic acids is 1. The largest absolute Gasteiger partial charge is 0.376 e. The van der Waals surface area contributed by atoms with Crippen molar-refractivity contribution >= 4 is 15.9 Å². The Balaban J connectivity index is 1.38. The van der Waals surface area contributed by atoms with E-state index in [4.69, 9.17) is 4.74 Å². The summed E-state index contributed by atoms with van der Waals surface area (Å²) in [7, 11) is -1.87. The zero-order chi connectivity index (χ0) is 23.4. The molecule has 1 aromatic heterocycles. The Kier molecular flexibility index (Phi) is 7.53. The fourth-order valence-electron chi connectivity index (χ4n) is 4.56. The van der Waals surface area contributed by atoms with Gasteiger partial charge < -0.3 is 14.6 Å². The number of aromatic nitrogens is 1. The predicted molar refractivity (Wildman–Crippen MR) is 126 cm³/mol. The normalized spacial score (nSPS) is 20.6. The lowest BCUT2D eigenvalue weighted by molar-refractivity contribution is -0.0212. The highest BCUT2D eigenvalue weighted by Gasteiger charge is 2.28. The molecule has 180 valence electrons. The molecular formula is C24H34N4O4S. The molecule has 2 aliphatic rings. The molecule has 1 unspecified atom stereocenters. The van der Waals surface area contributed by atoms with Gasteiger partial charge in [-0.3, -0.25) is 9.69 Å². The number of amides is 1. The first-order valence-electron chi connectivity index (χ1n) is 11.7. The fraction of sp³-hybridized carbons (Fsp3) is 0.542. The van der Waals surface area contributed by atoms with Crippen molar-refractivity contribution < 1.29 is 17.9 Å². The Bertz CT molecular complexity index is 1080. The summed E-state index contributed by atoms with van der Waals surface area (Å²) in [6.45, 7) is 6.99. The van der Waals surface area contributed by atoms with Crippen molar-refractivity contribution in [1.29, 1.82) is 0 Å². The fourth-order valence-corrected chi connectivity index (χ4v) is 6.15. The zero-order valence-corrected chi connectivity index (χ0v) is 20.3. The second-order valence-corrected chi connectivity index (χ2v) is 11.0. The number of nitrogens with zero attached hydrogens (tertiary/aromatic N) is 3. The van der Waals surface area contributed by atoms with Gasteiger partial charge in [0.05, 0.1) is 12.7 Å². The molecule has 0 bridgehead atoms. The zero-order valence-electron chi connectivity index (χ0n) is 19.5. The Hall–Kier alpha value is -2.20. The maximum atomic E-state index is 12.9. The van der Waals surface area contributed by atoms with Crippen LogP contribution in [0.1, 0.15) is 47.8 Å². The lowest BCUT2D eigenvalue weighted by atomic mass is 10.1. The van der Waals surface area contributed by atoms with E-state index < -0.39 is 10.0 Å². The van der Waals surface area contributed by atoms with Crippen LogP contribution in [0.3, 0.4) is 0 Å². The highest BCUT2D eigenvalue weighted by atomic mass is 32.2. The van der Waals surface area contributed by atoms with E-state index in [2.05, 4.69) is 29.3 Å². The minimum atomic E-state index is -3.57. The van der Waals surface area contributed by atoms with Gasteiger partial charge in [0.25, 0.3) is 5.91 Å². The van der Waals surface area contributed by atoms with Gasteiger partial charge in [0.1, 0.15) is 10.6 Å². The lowest BCUT2D eigenvalue weighted by Gasteiger charge is -2.31. The van der Waals surface area contributed by atoms with Crippen LogP contribution in [0.15, 0.2) is 41.4 Å². The molecule has 2 saturated heterocycles. The molecule has 1 amide bonds. The van der Waals surface area contributed by atoms with Gasteiger partial charge in [-0.1, -0.05) is 30.7 Å². The molecule has 0 saturated carbocycles. The molecule has 1 atom stereocenters. The summed E-state index contributed by atoms with van der Waals surface area (Å²) >= 11 is 0. The van der Waals surface area contributed by atoms with E-state index in [-0.39, 0.29) is 16.9 Å². The van der Waals surface area contributed by atoms with E-state index in [1.54, 1.807) is 11.6 Å². The third kappa shape index (κ3) is 5.84. The van der Waals surface area contributed by atoms with Crippen molar-refractivity contribution in [3.05, 3.63) is 53.3 Å². The maximum absolute atomic E-state index is 12.9. The van der Waals surface area contributed by atoms with Gasteiger partial charge in [-0.25, -0.2) is 8.42 Å². The summed E-state index contributed by atoms with van der Waals surface area (Å²) in [6, 6.07) is 9.68. The maximum Gasteiger partial charge on any atom is 0.268 e. The van der Waals surface area contributed by atoms with E-state index in [1.807, 2.05) is 12.1 Å². The Morgan fingerprint density at radius 1 is 1.12 bits per heavy atom. The third-order valence-corrected chi connectivity index (χ3v) is 8.21. The Morgan fingerprint density at radius 2 is 1.88 bits per heavy atom. The van der Waals surface area contributed by atoms with Crippen molar-refractivity contribution in [1.82, 2.24) is 19.1 Å². The quantitative estimate of drug-likeness (QED) is 0.666. The van der Waals surface area contributed by atoms with Crippen LogP contribution in [0, 0.1) is 0 Å². The molecule has 0 radical (unpaired) electrons. The minimum Gasteiger partial charge on any atom is -0.376 e. The standard InChI is InChI=1S/C24H34N4O4S/c1-19-16-27(11-12-32-19)17-21-8-6-7-20(13-21)15-25-24(29)23-14-22(18-26(23)2)33(30,31)28-9-4-3-5-10-28/h6-8,13-14,18-19H,3-5,9-12,15-17H2,1-2H3,(H,25,29). The van der Waals surface area contributed by atoms with E-state index in [9.17, 15) is 13.2 Å². The van der Waals surface area contributed by atoms with Gasteiger partial charge >= 0.3 is 0 Å². The van der Waals surface area contributed by atoms with Gasteiger partial charge in [0.15, 0.2) is 0 Å². The van der Waals surface area contributed by atoms with Crippen molar-refractivity contribution in [2.45, 2.75) is 50.3 Å². The second kappa shape index (κ2) is 10.4. The van der Waals surface area contributed by atoms with Crippen LogP contribution in [0.5, 0.6) is 0 Å². The summed E-state index contributed by atoms with van der Waals surface area (Å²) in [5.41, 5.74) is 2.55. The van der Waals surface area contributed by atoms with Crippen LogP contribution in [0.2, 0.25) is 0 Å². The third-order valence-electron chi connectivity index (χ3n) is 6.34. The number of ether oxygens (including phenoxy) is 1. The molecule has 9 heteroatoms. The number of sulfonamides is 1. The van der Waals surface area contributed by atoms with Crippen LogP contribution in [-0.2, 0) is 34.9 Å². The molecular weight excluding hydrogens is 440 g/mol. The van der Waals surface area contributed by atoms with Gasteiger partial charge in [0, 0.05) is 52.5 Å². The minimum absolute atomic E-state index is 0.179. The van der Waals surface area contributed by atoms with E-state index in [1.165, 1.54) is 22.1 Å². The van der Waals surface area contributed by atoms with Gasteiger partial charge in [-0.05, 0) is 37.0 Å². The molecule has 33 heavy (non-hydrogen) atoms. The van der Waals surface area contributed by atoms with E-state index in [0.717, 1.165) is 51.1 Å². The average Bonchev–Trinajstić information content (AvgIpc) is 3.21. The second-order valence-electron chi connectivity index (χ2n) is 9.06. The molecule has 0 spiro atoms. The summed E-state index contributed by atoms with van der Waals surface area (Å²) < 4.78 is 34.6. The average molecular weight is 475 g/mol. The lowest BCUT2D eigenvalue weighted by Crippen LogP contribution is -2.40. The topological polar surface area (TPSA) is 83.9 Å². The van der Waals surface area contributed by atoms with Crippen LogP contribution in [-0.4, -0.2) is 67.0 Å². The molecule has 1 N–H and O–H groups in total. The summed E-state index contributed by atoms with van der Waals surface area (Å²) in [4.78, 5) is 15.4. The van der Waals surface area contributed by atoms with Crippen LogP contribution < -0.4 is 5.32 Å². The first kappa shape index (κ1) is 23.9. The van der Waals surface area contributed by atoms with E-state index >= 15 is 0 Å². The number of nitrogens with one attached hydrogen (secondary N) is 1. The van der Waals surface area contributed by atoms with Gasteiger partial charge in [-0.15, -0.1) is 0 Å². The van der Waals surface area contributed by atoms with Crippen molar-refractivity contribution in [3.8, 4) is 0 Å². The SMILES string of the molecule is CC1CN(Cc2cccc(CNC(=O)c3cc(S(=O)(=O)N4CCCCC4)cn3C)c2)CCO1. The summed E-state index contributed by atoms with van der Waals surface area (Å²) in [5, 5.41) is 2.94. The number of aryl methyl sites for hydroxylation is 1. The van der Waals surface area contributed by atoms with E-state index in [0.29, 0.717) is 25.3 Å². The molecule has 8 nitrogen and oxygen atoms in total. The molecule has 4 rings (SSSR count). The van der Waals surface area contributed by atoms with Crippen molar-refractivity contribution in [2.75, 3.05) is 32.8 Å². The Labute approximate surface area is 196 Å². The first-order valence-corrected chi connectivity index (χ1v) is 13.1. The number of hydrogen-bond acceptors (Lipinski definition) is 5. The van der Waals surface area contributed by atoms with Gasteiger partial charge in [0.2, 0.25) is 10.0 Å². The summed E-state index contributed by atoms with van der Waals surface area (Å²) in [6.07, 6.45) is 4.59. The molecule has 1 aromatic carbocycles. The van der Waals surface area contributed by atoms with Crippen LogP contribution in [0.4, 0.5) is 0 Å². The molecule has 2 aliphatic heterocycles. The highest BCUT2D eigenvalue weighted by molar-refractivity contribution is 7.89. The number of piperidine rings is 1. The highest BCUT2D eigenvalue weighted by Crippen LogP contribution is 2.22.